The molecule has 134 valence electrons. The minimum absolute atomic E-state index is 0.326. The molecule has 0 aliphatic carbocycles. The fourth-order valence-electron chi connectivity index (χ4n) is 1.94. The average Bonchev–Trinajstić information content (AvgIpc) is 2.35. The van der Waals surface area contributed by atoms with E-state index >= 15 is 0 Å². The zero-order valence-corrected chi connectivity index (χ0v) is 20.6. The number of hydrogen-bond donors (Lipinski definition) is 0. The van der Waals surface area contributed by atoms with Gasteiger partial charge in [-0.1, -0.05) is 30.2 Å². The lowest BCUT2D eigenvalue weighted by Crippen LogP contribution is -2.63. The maximum Gasteiger partial charge on any atom is 0.477 e. The van der Waals surface area contributed by atoms with Crippen molar-refractivity contribution in [1.82, 2.24) is 0 Å². The Labute approximate surface area is 148 Å². The second-order valence-electron chi connectivity index (χ2n) is 8.22. The minimum Gasteiger partial charge on any atom is -0.412 e. The van der Waals surface area contributed by atoms with Gasteiger partial charge in [0.25, 0.3) is 0 Å². The van der Waals surface area contributed by atoms with Gasteiger partial charge in [-0.05, 0) is 40.0 Å². The molecule has 0 aromatic carbocycles. The van der Waals surface area contributed by atoms with Gasteiger partial charge in [0.2, 0.25) is 16.6 Å². The lowest BCUT2D eigenvalue weighted by atomic mass is 10.5. The Morgan fingerprint density at radius 2 is 1.04 bits per heavy atom. The molecule has 23 heavy (non-hydrogen) atoms. The summed E-state index contributed by atoms with van der Waals surface area (Å²) in [6.07, 6.45) is 0. The predicted octanol–water partition coefficient (Wildman–Crippen LogP) is 5.22. The van der Waals surface area contributed by atoms with Crippen molar-refractivity contribution in [3.63, 3.8) is 0 Å². The Morgan fingerprint density at radius 1 is 0.696 bits per heavy atom. The quantitative estimate of drug-likeness (QED) is 0.480. The number of hydrogen-bond acceptors (Lipinski definition) is 3. The molecule has 0 aromatic rings. The Balaban J connectivity index is 5.73. The topological polar surface area (TPSA) is 27.7 Å². The largest absolute Gasteiger partial charge is 0.477 e. The van der Waals surface area contributed by atoms with Gasteiger partial charge in [0.15, 0.2) is 0 Å². The number of rotatable bonds is 10. The molecule has 0 aliphatic rings. The van der Waals surface area contributed by atoms with Crippen LogP contribution >= 0.6 is 0 Å². The highest BCUT2D eigenvalue weighted by atomic mass is 28.5. The van der Waals surface area contributed by atoms with Gasteiger partial charge in [-0.25, -0.2) is 0 Å². The normalized spacial score (nSPS) is 14.5. The maximum absolute atomic E-state index is 6.62. The van der Waals surface area contributed by atoms with E-state index in [1.807, 2.05) is 17.9 Å². The van der Waals surface area contributed by atoms with Crippen molar-refractivity contribution in [2.24, 2.45) is 0 Å². The van der Waals surface area contributed by atoms with Crippen LogP contribution < -0.4 is 0 Å². The molecule has 0 amide bonds. The van der Waals surface area contributed by atoms with E-state index in [4.69, 9.17) is 12.7 Å². The fourth-order valence-corrected chi connectivity index (χ4v) is 14.2. The molecule has 0 fully saturated rings. The third kappa shape index (κ3) is 6.77. The third-order valence-electron chi connectivity index (χ3n) is 4.38. The molecule has 0 radical (unpaired) electrons. The second-order valence-corrected chi connectivity index (χ2v) is 24.1. The van der Waals surface area contributed by atoms with Crippen molar-refractivity contribution in [1.29, 1.82) is 0 Å². The molecule has 0 rings (SSSR count). The fraction of sp³-hybridized carbons (Fsp3) is 0.625. The Morgan fingerprint density at radius 3 is 1.30 bits per heavy atom. The summed E-state index contributed by atoms with van der Waals surface area (Å²) in [5, 5.41) is -0.326. The first-order valence-electron chi connectivity index (χ1n) is 8.07. The highest BCUT2D eigenvalue weighted by molar-refractivity contribution is 6.90. The molecular weight excluding hydrogens is 353 g/mol. The monoisotopic (exact) mass is 388 g/mol. The summed E-state index contributed by atoms with van der Waals surface area (Å²) in [6, 6.07) is 0. The summed E-state index contributed by atoms with van der Waals surface area (Å²) in [7, 11) is -8.73. The van der Waals surface area contributed by atoms with Gasteiger partial charge in [-0.15, -0.1) is 19.7 Å². The molecule has 0 aliphatic heterocycles. The molecule has 0 spiro atoms. The van der Waals surface area contributed by atoms with E-state index < -0.39 is 33.5 Å². The smallest absolute Gasteiger partial charge is 0.412 e. The molecule has 0 bridgehead atoms. The summed E-state index contributed by atoms with van der Waals surface area (Å²) in [6.45, 7) is 31.1. The first kappa shape index (κ1) is 23.0. The van der Waals surface area contributed by atoms with E-state index in [2.05, 4.69) is 78.6 Å². The van der Waals surface area contributed by atoms with Crippen molar-refractivity contribution in [3.8, 4) is 0 Å². The van der Waals surface area contributed by atoms with Gasteiger partial charge in [-0.3, -0.25) is 0 Å². The van der Waals surface area contributed by atoms with Crippen molar-refractivity contribution in [2.45, 2.75) is 64.9 Å². The summed E-state index contributed by atoms with van der Waals surface area (Å²) in [5.74, 6) is 0. The minimum atomic E-state index is -2.86. The van der Waals surface area contributed by atoms with Crippen molar-refractivity contribution in [3.05, 3.63) is 36.8 Å². The van der Waals surface area contributed by atoms with Crippen LogP contribution in [0.3, 0.4) is 0 Å². The Kier molecular flexibility index (Phi) is 7.45. The molecule has 3 nitrogen and oxygen atoms in total. The molecule has 0 saturated carbocycles. The Hall–Kier alpha value is -0.0325. The van der Waals surface area contributed by atoms with Gasteiger partial charge in [0.05, 0.1) is 0 Å². The molecule has 0 unspecified atom stereocenters. The van der Waals surface area contributed by atoms with Crippen LogP contribution in [0.2, 0.25) is 45.8 Å². The van der Waals surface area contributed by atoms with Crippen LogP contribution in [-0.4, -0.2) is 38.7 Å². The first-order chi connectivity index (χ1) is 10.1. The van der Waals surface area contributed by atoms with E-state index in [1.54, 1.807) is 0 Å². The zero-order valence-electron chi connectivity index (χ0n) is 16.6. The highest BCUT2D eigenvalue weighted by Crippen LogP contribution is 2.32. The summed E-state index contributed by atoms with van der Waals surface area (Å²) in [4.78, 5) is 0. The van der Waals surface area contributed by atoms with Gasteiger partial charge in [0, 0.05) is 11.8 Å². The molecule has 0 N–H and O–H groups in total. The van der Waals surface area contributed by atoms with Gasteiger partial charge >= 0.3 is 8.80 Å². The van der Waals surface area contributed by atoms with Crippen molar-refractivity contribution in [2.75, 3.05) is 0 Å². The van der Waals surface area contributed by atoms with Crippen molar-refractivity contribution >= 4 is 33.5 Å². The summed E-state index contributed by atoms with van der Waals surface area (Å²) < 4.78 is 19.6. The van der Waals surface area contributed by atoms with Crippen molar-refractivity contribution < 1.29 is 12.7 Å². The molecule has 0 saturated heterocycles. The zero-order chi connectivity index (χ0) is 18.7. The van der Waals surface area contributed by atoms with E-state index in [1.165, 1.54) is 0 Å². The van der Waals surface area contributed by atoms with Crippen LogP contribution in [0.1, 0.15) is 13.8 Å². The van der Waals surface area contributed by atoms with Crippen LogP contribution in [0.5, 0.6) is 0 Å². The second kappa shape index (κ2) is 7.47. The van der Waals surface area contributed by atoms with Gasteiger partial charge in [0.1, 0.15) is 8.07 Å². The van der Waals surface area contributed by atoms with Crippen LogP contribution in [0.25, 0.3) is 0 Å². The third-order valence-corrected chi connectivity index (χ3v) is 18.8. The molecule has 0 heterocycles. The van der Waals surface area contributed by atoms with Gasteiger partial charge in [-0.2, -0.15) is 0 Å². The van der Waals surface area contributed by atoms with Crippen LogP contribution in [0.15, 0.2) is 36.8 Å². The lowest BCUT2D eigenvalue weighted by Gasteiger charge is -2.46. The van der Waals surface area contributed by atoms with Crippen LogP contribution in [0.4, 0.5) is 0 Å². The standard InChI is InChI=1S/C16H36O3Si4/c1-13-20(6,7)16(4,5)17-23(12,18-21(8,9)14-2)19-22(10,11)15-3/h13-15H,1-3H2,4-12H3. The van der Waals surface area contributed by atoms with E-state index in [0.29, 0.717) is 0 Å². The molecule has 0 aromatic heterocycles. The highest BCUT2D eigenvalue weighted by Gasteiger charge is 2.51. The molecular formula is C16H36O3Si4. The average molecular weight is 389 g/mol. The van der Waals surface area contributed by atoms with E-state index in [0.717, 1.165) is 0 Å². The van der Waals surface area contributed by atoms with Crippen LogP contribution in [0, 0.1) is 0 Å². The SMILES string of the molecule is C=C[Si](C)(C)O[Si](C)(OC(C)(C)[Si](C)(C)C=C)O[Si](C)(C)C=C. The molecule has 7 heteroatoms. The first-order valence-corrected chi connectivity index (χ1v) is 19.3. The maximum atomic E-state index is 6.62. The van der Waals surface area contributed by atoms with E-state index in [9.17, 15) is 0 Å². The van der Waals surface area contributed by atoms with Gasteiger partial charge < -0.3 is 12.7 Å². The van der Waals surface area contributed by atoms with E-state index in [-0.39, 0.29) is 5.22 Å². The summed E-state index contributed by atoms with van der Waals surface area (Å²) in [5.41, 5.74) is 5.92. The molecule has 0 atom stereocenters. The van der Waals surface area contributed by atoms with Crippen LogP contribution in [-0.2, 0) is 12.7 Å². The lowest BCUT2D eigenvalue weighted by molar-refractivity contribution is 0.0912. The summed E-state index contributed by atoms with van der Waals surface area (Å²) >= 11 is 0. The Bertz CT molecular complexity index is 434. The predicted molar refractivity (Wildman–Crippen MR) is 112 cm³/mol.